The van der Waals surface area contributed by atoms with Crippen molar-refractivity contribution in [2.24, 2.45) is 0 Å². The molecule has 0 aliphatic rings. The van der Waals surface area contributed by atoms with Gasteiger partial charge >= 0.3 is 0 Å². The minimum Gasteiger partial charge on any atom is -0.507 e. The summed E-state index contributed by atoms with van der Waals surface area (Å²) in [7, 11) is 1.34. The molecule has 0 aliphatic carbocycles. The molecule has 0 amide bonds. The lowest BCUT2D eigenvalue weighted by molar-refractivity contribution is 0.367. The fourth-order valence-corrected chi connectivity index (χ4v) is 2.79. The third kappa shape index (κ3) is 2.59. The average Bonchev–Trinajstić information content (AvgIpc) is 2.45. The van der Waals surface area contributed by atoms with Gasteiger partial charge in [-0.3, -0.25) is 4.79 Å². The van der Waals surface area contributed by atoms with E-state index in [2.05, 4.69) is 0 Å². The van der Waals surface area contributed by atoms with E-state index in [1.54, 1.807) is 12.1 Å². The van der Waals surface area contributed by atoms with Crippen molar-refractivity contribution in [2.45, 2.75) is 6.92 Å². The van der Waals surface area contributed by atoms with Gasteiger partial charge in [0.1, 0.15) is 16.9 Å². The van der Waals surface area contributed by atoms with Crippen LogP contribution in [0.25, 0.3) is 22.3 Å². The molecule has 0 atom stereocenters. The number of hydrogen-bond acceptors (Lipinski definition) is 5. The molecule has 3 rings (SSSR count). The predicted molar refractivity (Wildman–Crippen MR) is 87.5 cm³/mol. The second-order valence-electron chi connectivity index (χ2n) is 5.14. The van der Waals surface area contributed by atoms with Gasteiger partial charge in [0.15, 0.2) is 16.8 Å². The first-order chi connectivity index (χ1) is 10.9. The molecule has 23 heavy (non-hydrogen) atoms. The summed E-state index contributed by atoms with van der Waals surface area (Å²) >= 11 is 6.04. The minimum absolute atomic E-state index is 0.0181. The molecule has 118 valence electrons. The number of fused-ring (bicyclic) bond motifs is 1. The lowest BCUT2D eigenvalue weighted by Gasteiger charge is -2.10. The molecular weight excluding hydrogens is 320 g/mol. The molecule has 0 radical (unpaired) electrons. The van der Waals surface area contributed by atoms with Gasteiger partial charge in [-0.1, -0.05) is 11.6 Å². The molecule has 0 spiro atoms. The van der Waals surface area contributed by atoms with Crippen LogP contribution in [0.15, 0.2) is 39.5 Å². The van der Waals surface area contributed by atoms with Crippen LogP contribution in [0.4, 0.5) is 0 Å². The molecule has 0 bridgehead atoms. The zero-order chi connectivity index (χ0) is 16.7. The molecule has 2 aromatic carbocycles. The lowest BCUT2D eigenvalue weighted by Crippen LogP contribution is -2.02. The molecule has 0 saturated carbocycles. The summed E-state index contributed by atoms with van der Waals surface area (Å²) in [6.07, 6.45) is 0. The first-order valence-electron chi connectivity index (χ1n) is 6.75. The Hall–Kier alpha value is -2.66. The highest BCUT2D eigenvalue weighted by Gasteiger charge is 2.19. The van der Waals surface area contributed by atoms with E-state index >= 15 is 0 Å². The summed E-state index contributed by atoms with van der Waals surface area (Å²) in [6.45, 7) is 1.87. The number of rotatable bonds is 2. The number of benzene rings is 2. The largest absolute Gasteiger partial charge is 0.507 e. The number of phenols is 2. The van der Waals surface area contributed by atoms with Crippen molar-refractivity contribution in [1.82, 2.24) is 0 Å². The topological polar surface area (TPSA) is 79.9 Å². The molecule has 1 heterocycles. The van der Waals surface area contributed by atoms with Crippen LogP contribution < -0.4 is 10.2 Å². The van der Waals surface area contributed by atoms with Crippen LogP contribution in [-0.4, -0.2) is 17.3 Å². The minimum atomic E-state index is -0.449. The van der Waals surface area contributed by atoms with Crippen LogP contribution in [-0.2, 0) is 0 Å². The van der Waals surface area contributed by atoms with E-state index < -0.39 is 5.43 Å². The van der Waals surface area contributed by atoms with Gasteiger partial charge in [-0.25, -0.2) is 0 Å². The van der Waals surface area contributed by atoms with Gasteiger partial charge in [-0.2, -0.15) is 0 Å². The van der Waals surface area contributed by atoms with Crippen molar-refractivity contribution >= 4 is 22.6 Å². The van der Waals surface area contributed by atoms with Crippen LogP contribution in [0, 0.1) is 6.92 Å². The molecule has 5 nitrogen and oxygen atoms in total. The molecular formula is C17H13ClO5. The quantitative estimate of drug-likeness (QED) is 0.745. The summed E-state index contributed by atoms with van der Waals surface area (Å²) in [5.74, 6) is -0.451. The van der Waals surface area contributed by atoms with Crippen LogP contribution in [0.3, 0.4) is 0 Å². The van der Waals surface area contributed by atoms with E-state index in [0.29, 0.717) is 10.6 Å². The van der Waals surface area contributed by atoms with Crippen LogP contribution >= 0.6 is 11.6 Å². The Morgan fingerprint density at radius 2 is 1.83 bits per heavy atom. The second-order valence-corrected chi connectivity index (χ2v) is 5.58. The van der Waals surface area contributed by atoms with E-state index in [1.807, 2.05) is 13.0 Å². The summed E-state index contributed by atoms with van der Waals surface area (Å²) in [6, 6.07) is 7.56. The van der Waals surface area contributed by atoms with Crippen molar-refractivity contribution in [2.75, 3.05) is 7.11 Å². The van der Waals surface area contributed by atoms with Gasteiger partial charge in [-0.15, -0.1) is 0 Å². The molecule has 3 aromatic rings. The SMILES string of the molecule is COc1c(O)cc(O)c2c(=O)cc(-c3cc(C)cc(Cl)c3)oc12. The number of ether oxygens (including phenoxy) is 1. The van der Waals surface area contributed by atoms with Crippen molar-refractivity contribution in [3.63, 3.8) is 0 Å². The van der Waals surface area contributed by atoms with Crippen LogP contribution in [0.2, 0.25) is 5.02 Å². The maximum Gasteiger partial charge on any atom is 0.204 e. The van der Waals surface area contributed by atoms with Crippen molar-refractivity contribution < 1.29 is 19.4 Å². The van der Waals surface area contributed by atoms with E-state index in [0.717, 1.165) is 11.6 Å². The molecule has 0 fully saturated rings. The Bertz CT molecular complexity index is 955. The van der Waals surface area contributed by atoms with Crippen LogP contribution in [0.1, 0.15) is 5.56 Å². The molecule has 6 heteroatoms. The van der Waals surface area contributed by atoms with Crippen molar-refractivity contribution in [3.05, 3.63) is 51.1 Å². The van der Waals surface area contributed by atoms with Gasteiger partial charge in [0.05, 0.1) is 7.11 Å². The predicted octanol–water partition coefficient (Wildman–Crippen LogP) is 3.84. The molecule has 0 aliphatic heterocycles. The number of phenolic OH excluding ortho intramolecular Hbond substituents is 2. The maximum absolute atomic E-state index is 12.4. The Morgan fingerprint density at radius 1 is 1.09 bits per heavy atom. The number of halogens is 1. The molecule has 0 saturated heterocycles. The van der Waals surface area contributed by atoms with Gasteiger partial charge in [0.25, 0.3) is 0 Å². The highest BCUT2D eigenvalue weighted by molar-refractivity contribution is 6.30. The fourth-order valence-electron chi connectivity index (χ4n) is 2.50. The Balaban J connectivity index is 2.39. The lowest BCUT2D eigenvalue weighted by atomic mass is 10.1. The standard InChI is InChI=1S/C17H13ClO5/c1-8-3-9(5-10(18)4-8)14-7-12(20)15-11(19)6-13(21)16(22-2)17(15)23-14/h3-7,19,21H,1-2H3. The molecule has 0 unspecified atom stereocenters. The average molecular weight is 333 g/mol. The highest BCUT2D eigenvalue weighted by Crippen LogP contribution is 2.40. The summed E-state index contributed by atoms with van der Waals surface area (Å²) in [5.41, 5.74) is 1.04. The first-order valence-corrected chi connectivity index (χ1v) is 7.13. The van der Waals surface area contributed by atoms with E-state index in [4.69, 9.17) is 20.8 Å². The summed E-state index contributed by atoms with van der Waals surface area (Å²) in [5, 5.41) is 20.2. The van der Waals surface area contributed by atoms with Gasteiger partial charge < -0.3 is 19.4 Å². The number of methoxy groups -OCH3 is 1. The third-order valence-electron chi connectivity index (χ3n) is 3.45. The van der Waals surface area contributed by atoms with Crippen molar-refractivity contribution in [3.8, 4) is 28.6 Å². The number of hydrogen-bond donors (Lipinski definition) is 2. The number of aromatic hydroxyl groups is 2. The third-order valence-corrected chi connectivity index (χ3v) is 3.67. The van der Waals surface area contributed by atoms with Crippen LogP contribution in [0.5, 0.6) is 17.2 Å². The highest BCUT2D eigenvalue weighted by atomic mass is 35.5. The van der Waals surface area contributed by atoms with E-state index in [-0.39, 0.29) is 34.0 Å². The molecule has 2 N–H and O–H groups in total. The monoisotopic (exact) mass is 332 g/mol. The fraction of sp³-hybridized carbons (Fsp3) is 0.118. The maximum atomic E-state index is 12.4. The Kier molecular flexibility index (Phi) is 3.66. The first kappa shape index (κ1) is 15.2. The smallest absolute Gasteiger partial charge is 0.204 e. The Labute approximate surface area is 136 Å². The van der Waals surface area contributed by atoms with E-state index in [1.165, 1.54) is 13.2 Å². The Morgan fingerprint density at radius 3 is 2.48 bits per heavy atom. The molecule has 1 aromatic heterocycles. The summed E-state index contributed by atoms with van der Waals surface area (Å²) < 4.78 is 10.8. The van der Waals surface area contributed by atoms with Crippen molar-refractivity contribution in [1.29, 1.82) is 0 Å². The zero-order valence-corrected chi connectivity index (χ0v) is 13.1. The zero-order valence-electron chi connectivity index (χ0n) is 12.4. The van der Waals surface area contributed by atoms with E-state index in [9.17, 15) is 15.0 Å². The second kappa shape index (κ2) is 5.52. The number of aryl methyl sites for hydroxylation is 1. The van der Waals surface area contributed by atoms with Gasteiger partial charge in [-0.05, 0) is 30.7 Å². The van der Waals surface area contributed by atoms with Gasteiger partial charge in [0.2, 0.25) is 5.75 Å². The normalized spacial score (nSPS) is 10.9. The van der Waals surface area contributed by atoms with Gasteiger partial charge in [0, 0.05) is 22.7 Å². The summed E-state index contributed by atoms with van der Waals surface area (Å²) in [4.78, 5) is 12.4.